The van der Waals surface area contributed by atoms with Gasteiger partial charge in [-0.05, 0) is 30.7 Å². The van der Waals surface area contributed by atoms with Crippen LogP contribution in [0.1, 0.15) is 12.1 Å². The smallest absolute Gasteiger partial charge is 0.388 e. The Morgan fingerprint density at radius 1 is 1.26 bits per heavy atom. The van der Waals surface area contributed by atoms with Gasteiger partial charge in [-0.15, -0.1) is 0 Å². The number of carbonyl (C=O) groups is 1. The molecule has 3 rings (SSSR count). The van der Waals surface area contributed by atoms with Gasteiger partial charge >= 0.3 is 6.61 Å². The van der Waals surface area contributed by atoms with Crippen LogP contribution >= 0.6 is 0 Å². The fourth-order valence-corrected chi connectivity index (χ4v) is 4.31. The second-order valence-corrected chi connectivity index (χ2v) is 7.88. The molecule has 2 aromatic rings. The van der Waals surface area contributed by atoms with E-state index < -0.39 is 22.5 Å². The first-order valence-electron chi connectivity index (χ1n) is 8.14. The number of hydrogen-bond acceptors (Lipinski definition) is 5. The Balaban J connectivity index is 1.67. The van der Waals surface area contributed by atoms with Crippen molar-refractivity contribution >= 4 is 27.3 Å². The highest BCUT2D eigenvalue weighted by molar-refractivity contribution is 7.93. The lowest BCUT2D eigenvalue weighted by Gasteiger charge is -2.17. The third-order valence-corrected chi connectivity index (χ3v) is 5.72. The summed E-state index contributed by atoms with van der Waals surface area (Å²) in [4.78, 5) is 16.0. The van der Waals surface area contributed by atoms with Crippen LogP contribution in [0.5, 0.6) is 5.88 Å². The first-order chi connectivity index (χ1) is 12.8. The van der Waals surface area contributed by atoms with E-state index in [4.69, 9.17) is 0 Å². The molecule has 1 aliphatic rings. The second-order valence-electron chi connectivity index (χ2n) is 5.86. The Kier molecular flexibility index (Phi) is 5.54. The van der Waals surface area contributed by atoms with Gasteiger partial charge in [0.25, 0.3) is 0 Å². The van der Waals surface area contributed by atoms with Crippen molar-refractivity contribution in [3.05, 3.63) is 48.2 Å². The largest absolute Gasteiger partial charge is 0.417 e. The molecule has 7 nitrogen and oxygen atoms in total. The zero-order valence-corrected chi connectivity index (χ0v) is 15.0. The first kappa shape index (κ1) is 19.0. The Morgan fingerprint density at radius 2 is 2.04 bits per heavy atom. The van der Waals surface area contributed by atoms with Crippen LogP contribution in [0.4, 0.5) is 20.2 Å². The Hall–Kier alpha value is -2.75. The molecule has 0 bridgehead atoms. The van der Waals surface area contributed by atoms with Crippen molar-refractivity contribution < 1.29 is 26.7 Å². The number of amides is 1. The summed E-state index contributed by atoms with van der Waals surface area (Å²) in [5.74, 6) is -0.582. The minimum absolute atomic E-state index is 0.103. The van der Waals surface area contributed by atoms with E-state index in [0.29, 0.717) is 24.3 Å². The molecule has 0 unspecified atom stereocenters. The SMILES string of the molecule is O=C(Cc1cccc(OC(F)F)n1)Nc1cccc(N2CCCS2(=O)=O)c1. The van der Waals surface area contributed by atoms with Crippen molar-refractivity contribution in [2.75, 3.05) is 21.9 Å². The van der Waals surface area contributed by atoms with Crippen LogP contribution < -0.4 is 14.4 Å². The number of nitrogens with one attached hydrogen (secondary N) is 1. The summed E-state index contributed by atoms with van der Waals surface area (Å²) in [7, 11) is -3.31. The molecule has 1 aromatic carbocycles. The maximum absolute atomic E-state index is 12.2. The predicted octanol–water partition coefficient (Wildman–Crippen LogP) is 2.40. The molecule has 2 heterocycles. The van der Waals surface area contributed by atoms with Crippen molar-refractivity contribution in [2.24, 2.45) is 0 Å². The van der Waals surface area contributed by atoms with Crippen LogP contribution in [-0.2, 0) is 21.2 Å². The van der Waals surface area contributed by atoms with E-state index in [1.165, 1.54) is 22.5 Å². The number of carbonyl (C=O) groups excluding carboxylic acids is 1. The van der Waals surface area contributed by atoms with Crippen LogP contribution in [0, 0.1) is 0 Å². The minimum atomic E-state index is -3.31. The molecule has 0 saturated carbocycles. The first-order valence-corrected chi connectivity index (χ1v) is 9.75. The lowest BCUT2D eigenvalue weighted by Crippen LogP contribution is -2.25. The van der Waals surface area contributed by atoms with E-state index in [0.717, 1.165) is 0 Å². The van der Waals surface area contributed by atoms with E-state index in [2.05, 4.69) is 15.0 Å². The van der Waals surface area contributed by atoms with Crippen LogP contribution in [0.25, 0.3) is 0 Å². The quantitative estimate of drug-likeness (QED) is 0.809. The van der Waals surface area contributed by atoms with E-state index in [9.17, 15) is 22.0 Å². The fraction of sp³-hybridized carbons (Fsp3) is 0.294. The molecule has 0 atom stereocenters. The molecule has 10 heteroatoms. The zero-order valence-electron chi connectivity index (χ0n) is 14.1. The number of ether oxygens (including phenoxy) is 1. The second kappa shape index (κ2) is 7.87. The summed E-state index contributed by atoms with van der Waals surface area (Å²) < 4.78 is 54.0. The van der Waals surface area contributed by atoms with Crippen molar-refractivity contribution in [2.45, 2.75) is 19.5 Å². The summed E-state index contributed by atoms with van der Waals surface area (Å²) >= 11 is 0. The molecule has 1 N–H and O–H groups in total. The van der Waals surface area contributed by atoms with E-state index >= 15 is 0 Å². The number of sulfonamides is 1. The highest BCUT2D eigenvalue weighted by Gasteiger charge is 2.28. The van der Waals surface area contributed by atoms with Gasteiger partial charge in [0, 0.05) is 18.3 Å². The summed E-state index contributed by atoms with van der Waals surface area (Å²) in [6, 6.07) is 10.8. The summed E-state index contributed by atoms with van der Waals surface area (Å²) in [6.07, 6.45) is 0.411. The lowest BCUT2D eigenvalue weighted by molar-refractivity contribution is -0.115. The van der Waals surface area contributed by atoms with Gasteiger partial charge in [0.2, 0.25) is 21.8 Å². The molecule has 0 spiro atoms. The van der Waals surface area contributed by atoms with Gasteiger partial charge in [-0.2, -0.15) is 8.78 Å². The Morgan fingerprint density at radius 3 is 2.74 bits per heavy atom. The highest BCUT2D eigenvalue weighted by Crippen LogP contribution is 2.26. The van der Waals surface area contributed by atoms with Gasteiger partial charge in [0.1, 0.15) is 0 Å². The number of aromatic nitrogens is 1. The average molecular weight is 397 g/mol. The molecule has 1 aromatic heterocycles. The van der Waals surface area contributed by atoms with Crippen LogP contribution in [0.15, 0.2) is 42.5 Å². The van der Waals surface area contributed by atoms with E-state index in [1.54, 1.807) is 24.3 Å². The number of nitrogens with zero attached hydrogens (tertiary/aromatic N) is 2. The van der Waals surface area contributed by atoms with Crippen LogP contribution in [0.3, 0.4) is 0 Å². The summed E-state index contributed by atoms with van der Waals surface area (Å²) in [5.41, 5.74) is 1.18. The normalized spacial score (nSPS) is 15.7. The molecule has 1 amide bonds. The molecule has 144 valence electrons. The third kappa shape index (κ3) is 4.91. The topological polar surface area (TPSA) is 88.6 Å². The fourth-order valence-electron chi connectivity index (χ4n) is 2.75. The molecule has 27 heavy (non-hydrogen) atoms. The zero-order chi connectivity index (χ0) is 19.4. The number of benzene rings is 1. The maximum Gasteiger partial charge on any atom is 0.388 e. The number of anilines is 2. The maximum atomic E-state index is 12.2. The number of alkyl halides is 2. The molecule has 0 aliphatic carbocycles. The number of pyridine rings is 1. The van der Waals surface area contributed by atoms with Crippen molar-refractivity contribution in [3.63, 3.8) is 0 Å². The molecule has 1 saturated heterocycles. The summed E-state index contributed by atoms with van der Waals surface area (Å²) in [6.45, 7) is -2.59. The van der Waals surface area contributed by atoms with Gasteiger partial charge < -0.3 is 10.1 Å². The summed E-state index contributed by atoms with van der Waals surface area (Å²) in [5, 5.41) is 2.65. The van der Waals surface area contributed by atoms with Gasteiger partial charge in [-0.3, -0.25) is 9.10 Å². The van der Waals surface area contributed by atoms with Gasteiger partial charge in [-0.1, -0.05) is 12.1 Å². The minimum Gasteiger partial charge on any atom is -0.417 e. The number of rotatable bonds is 6. The van der Waals surface area contributed by atoms with Crippen molar-refractivity contribution in [1.82, 2.24) is 4.98 Å². The van der Waals surface area contributed by atoms with Crippen LogP contribution in [0.2, 0.25) is 0 Å². The average Bonchev–Trinajstić information content (AvgIpc) is 2.94. The molecule has 1 aliphatic heterocycles. The molecular weight excluding hydrogens is 380 g/mol. The molecule has 0 radical (unpaired) electrons. The number of halogens is 2. The standard InChI is InChI=1S/C17H17F2N3O4S/c18-17(19)26-16-7-2-5-13(21-16)11-15(23)20-12-4-1-6-14(10-12)22-8-3-9-27(22,24)25/h1-2,4-7,10,17H,3,8-9,11H2,(H,20,23). The molecule has 1 fully saturated rings. The van der Waals surface area contributed by atoms with E-state index in [-0.39, 0.29) is 23.7 Å². The lowest BCUT2D eigenvalue weighted by atomic mass is 10.2. The van der Waals surface area contributed by atoms with Gasteiger partial charge in [-0.25, -0.2) is 13.4 Å². The van der Waals surface area contributed by atoms with Gasteiger partial charge in [0.15, 0.2) is 0 Å². The monoisotopic (exact) mass is 397 g/mol. The van der Waals surface area contributed by atoms with Crippen molar-refractivity contribution in [1.29, 1.82) is 0 Å². The predicted molar refractivity (Wildman–Crippen MR) is 95.4 cm³/mol. The van der Waals surface area contributed by atoms with E-state index in [1.807, 2.05) is 0 Å². The Bertz CT molecular complexity index is 937. The highest BCUT2D eigenvalue weighted by atomic mass is 32.2. The Labute approximate surface area is 155 Å². The van der Waals surface area contributed by atoms with Crippen LogP contribution in [-0.4, -0.2) is 38.2 Å². The van der Waals surface area contributed by atoms with Crippen molar-refractivity contribution in [3.8, 4) is 5.88 Å². The van der Waals surface area contributed by atoms with Gasteiger partial charge in [0.05, 0.1) is 23.6 Å². The third-order valence-electron chi connectivity index (χ3n) is 3.85. The molecular formula is C17H17F2N3O4S. The number of hydrogen-bond donors (Lipinski definition) is 1.